The van der Waals surface area contributed by atoms with Crippen molar-refractivity contribution < 1.29 is 27.5 Å². The van der Waals surface area contributed by atoms with Gasteiger partial charge in [0.2, 0.25) is 10.0 Å². The average molecular weight is 453 g/mol. The minimum Gasteiger partial charge on any atom is -0.495 e. The zero-order valence-electron chi connectivity index (χ0n) is 16.6. The van der Waals surface area contributed by atoms with E-state index in [1.54, 1.807) is 31.2 Å². The Balaban J connectivity index is 2.00. The summed E-state index contributed by atoms with van der Waals surface area (Å²) in [7, 11) is -1.11. The van der Waals surface area contributed by atoms with Gasteiger partial charge in [0.25, 0.3) is 5.91 Å². The Bertz CT molecular complexity index is 1080. The van der Waals surface area contributed by atoms with Crippen LogP contribution in [0.5, 0.6) is 5.75 Å². The van der Waals surface area contributed by atoms with Gasteiger partial charge in [0.15, 0.2) is 6.61 Å². The van der Waals surface area contributed by atoms with E-state index < -0.39 is 28.5 Å². The quantitative estimate of drug-likeness (QED) is 0.470. The highest BCUT2D eigenvalue weighted by Crippen LogP contribution is 2.25. The average Bonchev–Trinajstić information content (AvgIpc) is 2.73. The van der Waals surface area contributed by atoms with Gasteiger partial charge in [-0.15, -0.1) is 0 Å². The van der Waals surface area contributed by atoms with Gasteiger partial charge in [-0.25, -0.2) is 17.9 Å². The Morgan fingerprint density at radius 3 is 2.60 bits per heavy atom. The second-order valence-corrected chi connectivity index (χ2v) is 8.28. The maximum Gasteiger partial charge on any atom is 0.331 e. The highest BCUT2D eigenvalue weighted by Gasteiger charge is 2.17. The van der Waals surface area contributed by atoms with Gasteiger partial charge in [-0.1, -0.05) is 23.7 Å². The van der Waals surface area contributed by atoms with E-state index in [0.717, 1.165) is 6.08 Å². The predicted octanol–water partition coefficient (Wildman–Crippen LogP) is 2.76. The lowest BCUT2D eigenvalue weighted by atomic mass is 10.2. The molecule has 2 aromatic carbocycles. The van der Waals surface area contributed by atoms with E-state index >= 15 is 0 Å². The molecule has 0 fully saturated rings. The summed E-state index contributed by atoms with van der Waals surface area (Å²) in [4.78, 5) is 23.8. The maximum atomic E-state index is 12.1. The third-order valence-electron chi connectivity index (χ3n) is 4.05. The standard InChI is InChI=1S/C20H21ClN2O6S/c1-13-15(21)5-4-6-16(13)23-19(24)12-29-20(25)10-8-14-7-9-17(28-3)18(11-14)30(26,27)22-2/h4-11,22H,12H2,1-3H3,(H,23,24)/b10-8+. The minimum atomic E-state index is -3.75. The summed E-state index contributed by atoms with van der Waals surface area (Å²) < 4.78 is 36.3. The van der Waals surface area contributed by atoms with Gasteiger partial charge in [-0.05, 0) is 55.4 Å². The van der Waals surface area contributed by atoms with Gasteiger partial charge in [0, 0.05) is 16.8 Å². The molecule has 0 aromatic heterocycles. The molecule has 0 bridgehead atoms. The molecule has 0 spiro atoms. The molecule has 2 N–H and O–H groups in total. The molecule has 0 aliphatic heterocycles. The Labute approximate surface area is 179 Å². The first-order valence-corrected chi connectivity index (χ1v) is 10.6. The summed E-state index contributed by atoms with van der Waals surface area (Å²) in [6, 6.07) is 9.47. The van der Waals surface area contributed by atoms with Gasteiger partial charge in [0.1, 0.15) is 10.6 Å². The Kier molecular flexibility index (Phi) is 7.99. The van der Waals surface area contributed by atoms with Gasteiger partial charge >= 0.3 is 5.97 Å². The fourth-order valence-corrected chi connectivity index (χ4v) is 3.50. The van der Waals surface area contributed by atoms with Crippen molar-refractivity contribution >= 4 is 45.3 Å². The van der Waals surface area contributed by atoms with E-state index in [4.69, 9.17) is 21.1 Å². The second kappa shape index (κ2) is 10.2. The third-order valence-corrected chi connectivity index (χ3v) is 5.89. The second-order valence-electron chi connectivity index (χ2n) is 6.02. The summed E-state index contributed by atoms with van der Waals surface area (Å²) in [6.07, 6.45) is 2.46. The summed E-state index contributed by atoms with van der Waals surface area (Å²) in [6.45, 7) is 1.27. The largest absolute Gasteiger partial charge is 0.495 e. The SMILES string of the molecule is CNS(=O)(=O)c1cc(/C=C/C(=O)OCC(=O)Nc2cccc(Cl)c2C)ccc1OC. The number of methoxy groups -OCH3 is 1. The van der Waals surface area contributed by atoms with Crippen LogP contribution in [0.1, 0.15) is 11.1 Å². The molecule has 0 aliphatic rings. The van der Waals surface area contributed by atoms with Crippen molar-refractivity contribution in [3.05, 3.63) is 58.6 Å². The van der Waals surface area contributed by atoms with Crippen molar-refractivity contribution in [3.8, 4) is 5.75 Å². The zero-order valence-corrected chi connectivity index (χ0v) is 18.1. The number of rotatable bonds is 8. The molecule has 0 radical (unpaired) electrons. The lowest BCUT2D eigenvalue weighted by Crippen LogP contribution is -2.20. The molecular weight excluding hydrogens is 432 g/mol. The van der Waals surface area contributed by atoms with E-state index in [0.29, 0.717) is 21.8 Å². The molecule has 0 saturated heterocycles. The van der Waals surface area contributed by atoms with Crippen LogP contribution >= 0.6 is 11.6 Å². The Morgan fingerprint density at radius 2 is 1.93 bits per heavy atom. The molecule has 0 heterocycles. The van der Waals surface area contributed by atoms with Crippen LogP contribution in [-0.2, 0) is 24.3 Å². The van der Waals surface area contributed by atoms with Crippen LogP contribution in [0, 0.1) is 6.92 Å². The first kappa shape index (κ1) is 23.4. The molecular formula is C20H21ClN2O6S. The van der Waals surface area contributed by atoms with Crippen molar-refractivity contribution in [2.45, 2.75) is 11.8 Å². The van der Waals surface area contributed by atoms with Crippen LogP contribution in [-0.4, -0.2) is 41.1 Å². The molecule has 0 unspecified atom stereocenters. The maximum absolute atomic E-state index is 12.1. The number of nitrogens with one attached hydrogen (secondary N) is 2. The number of ether oxygens (including phenoxy) is 2. The van der Waals surface area contributed by atoms with Crippen LogP contribution in [0.3, 0.4) is 0 Å². The van der Waals surface area contributed by atoms with Crippen LogP contribution in [0.25, 0.3) is 6.08 Å². The fraction of sp³-hybridized carbons (Fsp3) is 0.200. The van der Waals surface area contributed by atoms with Gasteiger partial charge < -0.3 is 14.8 Å². The Hall–Kier alpha value is -2.88. The number of carbonyl (C=O) groups excluding carboxylic acids is 2. The monoisotopic (exact) mass is 452 g/mol. The Morgan fingerprint density at radius 1 is 1.20 bits per heavy atom. The van der Waals surface area contributed by atoms with Crippen LogP contribution < -0.4 is 14.8 Å². The van der Waals surface area contributed by atoms with Crippen molar-refractivity contribution in [2.24, 2.45) is 0 Å². The third kappa shape index (κ3) is 6.06. The molecule has 2 rings (SSSR count). The molecule has 10 heteroatoms. The molecule has 1 amide bonds. The number of esters is 1. The van der Waals surface area contributed by atoms with Crippen LogP contribution in [0.4, 0.5) is 5.69 Å². The fourth-order valence-electron chi connectivity index (χ4n) is 2.40. The molecule has 160 valence electrons. The number of carbonyl (C=O) groups is 2. The van der Waals surface area contributed by atoms with Crippen molar-refractivity contribution in [2.75, 3.05) is 26.1 Å². The molecule has 2 aromatic rings. The van der Waals surface area contributed by atoms with E-state index in [1.807, 2.05) is 0 Å². The van der Waals surface area contributed by atoms with Crippen LogP contribution in [0.15, 0.2) is 47.4 Å². The smallest absolute Gasteiger partial charge is 0.331 e. The molecule has 0 aliphatic carbocycles. The van der Waals surface area contributed by atoms with E-state index in [2.05, 4.69) is 10.0 Å². The number of halogens is 1. The molecule has 0 atom stereocenters. The zero-order chi connectivity index (χ0) is 22.3. The first-order valence-electron chi connectivity index (χ1n) is 8.69. The summed E-state index contributed by atoms with van der Waals surface area (Å²) in [5.74, 6) is -1.12. The highest BCUT2D eigenvalue weighted by molar-refractivity contribution is 7.89. The topological polar surface area (TPSA) is 111 Å². The predicted molar refractivity (Wildman–Crippen MR) is 114 cm³/mol. The summed E-state index contributed by atoms with van der Waals surface area (Å²) >= 11 is 6.00. The molecule has 30 heavy (non-hydrogen) atoms. The van der Waals surface area contributed by atoms with E-state index in [-0.39, 0.29) is 10.6 Å². The minimum absolute atomic E-state index is 0.0701. The summed E-state index contributed by atoms with van der Waals surface area (Å²) in [5, 5.41) is 3.12. The van der Waals surface area contributed by atoms with Gasteiger partial charge in [-0.3, -0.25) is 4.79 Å². The van der Waals surface area contributed by atoms with E-state index in [1.165, 1.54) is 32.4 Å². The normalized spacial score (nSPS) is 11.3. The van der Waals surface area contributed by atoms with Crippen molar-refractivity contribution in [3.63, 3.8) is 0 Å². The number of amides is 1. The number of benzene rings is 2. The lowest BCUT2D eigenvalue weighted by molar-refractivity contribution is -0.142. The highest BCUT2D eigenvalue weighted by atomic mass is 35.5. The van der Waals surface area contributed by atoms with Crippen molar-refractivity contribution in [1.29, 1.82) is 0 Å². The lowest BCUT2D eigenvalue weighted by Gasteiger charge is -2.10. The number of anilines is 1. The summed E-state index contributed by atoms with van der Waals surface area (Å²) in [5.41, 5.74) is 1.65. The number of sulfonamides is 1. The number of hydrogen-bond donors (Lipinski definition) is 2. The molecule has 8 nitrogen and oxygen atoms in total. The van der Waals surface area contributed by atoms with Gasteiger partial charge in [-0.2, -0.15) is 0 Å². The van der Waals surface area contributed by atoms with E-state index in [9.17, 15) is 18.0 Å². The van der Waals surface area contributed by atoms with Crippen LogP contribution in [0.2, 0.25) is 5.02 Å². The number of hydrogen-bond acceptors (Lipinski definition) is 6. The first-order chi connectivity index (χ1) is 14.2. The van der Waals surface area contributed by atoms with Gasteiger partial charge in [0.05, 0.1) is 7.11 Å². The van der Waals surface area contributed by atoms with Crippen molar-refractivity contribution in [1.82, 2.24) is 4.72 Å². The molecule has 0 saturated carbocycles.